The number of nitrogens with zero attached hydrogens (tertiary/aromatic N) is 1. The van der Waals surface area contributed by atoms with Gasteiger partial charge in [0.15, 0.2) is 6.23 Å². The summed E-state index contributed by atoms with van der Waals surface area (Å²) < 4.78 is 0. The fraction of sp³-hybridized carbons (Fsp3) is 0.333. The van der Waals surface area contributed by atoms with Crippen molar-refractivity contribution in [3.63, 3.8) is 0 Å². The van der Waals surface area contributed by atoms with Gasteiger partial charge in [-0.05, 0) is 41.2 Å². The van der Waals surface area contributed by atoms with Gasteiger partial charge in [0.1, 0.15) is 5.69 Å². The van der Waals surface area contributed by atoms with Crippen molar-refractivity contribution in [2.75, 3.05) is 11.9 Å². The largest absolute Gasteiger partial charge is 0.369 e. The summed E-state index contributed by atoms with van der Waals surface area (Å²) in [6.45, 7) is 1.22. The molecule has 2 aliphatic rings. The Morgan fingerprint density at radius 1 is 1.06 bits per heavy atom. The number of nitrogens with one attached hydrogen (secondary N) is 5. The van der Waals surface area contributed by atoms with Crippen LogP contribution >= 0.6 is 0 Å². The molecule has 9 nitrogen and oxygen atoms in total. The Balaban J connectivity index is 1.36. The van der Waals surface area contributed by atoms with E-state index in [-0.39, 0.29) is 17.2 Å². The third kappa shape index (κ3) is 5.37. The number of anilines is 1. The summed E-state index contributed by atoms with van der Waals surface area (Å²) in [5.41, 5.74) is 7.86. The third-order valence-corrected chi connectivity index (χ3v) is 6.94. The van der Waals surface area contributed by atoms with E-state index in [9.17, 15) is 14.7 Å². The van der Waals surface area contributed by atoms with Gasteiger partial charge in [0.05, 0.1) is 12.2 Å². The highest BCUT2D eigenvalue weighted by Crippen LogP contribution is 2.29. The molecule has 1 aromatic heterocycles. The summed E-state index contributed by atoms with van der Waals surface area (Å²) in [4.78, 5) is 27.6. The molecule has 1 aliphatic heterocycles. The molecule has 1 unspecified atom stereocenters. The average molecular weight is 489 g/mol. The number of rotatable bonds is 8. The zero-order valence-corrected chi connectivity index (χ0v) is 20.1. The maximum Gasteiger partial charge on any atom is 0.269 e. The molecule has 188 valence electrons. The molecule has 3 aromatic rings. The smallest absolute Gasteiger partial charge is 0.269 e. The van der Waals surface area contributed by atoms with Crippen LogP contribution in [0.1, 0.15) is 59.9 Å². The molecular weight excluding hydrogens is 456 g/mol. The van der Waals surface area contributed by atoms with Crippen LogP contribution in [0.4, 0.5) is 5.69 Å². The molecule has 9 heteroatoms. The molecule has 36 heavy (non-hydrogen) atoms. The van der Waals surface area contributed by atoms with Crippen LogP contribution < -0.4 is 27.2 Å². The molecule has 0 spiro atoms. The van der Waals surface area contributed by atoms with Crippen molar-refractivity contribution in [3.8, 4) is 0 Å². The number of hydrogen-bond acceptors (Lipinski definition) is 7. The predicted molar refractivity (Wildman–Crippen MR) is 139 cm³/mol. The lowest BCUT2D eigenvalue weighted by atomic mass is 9.89. The Kier molecular flexibility index (Phi) is 7.20. The summed E-state index contributed by atoms with van der Waals surface area (Å²) in [7, 11) is 0. The molecule has 0 saturated heterocycles. The van der Waals surface area contributed by atoms with Gasteiger partial charge in [-0.25, -0.2) is 0 Å². The number of benzene rings is 2. The van der Waals surface area contributed by atoms with E-state index in [4.69, 9.17) is 0 Å². The number of fused-ring (bicyclic) bond motifs is 1. The van der Waals surface area contributed by atoms with Gasteiger partial charge in [-0.15, -0.1) is 5.53 Å². The van der Waals surface area contributed by atoms with Crippen molar-refractivity contribution < 1.29 is 9.90 Å². The molecular formula is C27H32N6O3. The number of pyridine rings is 1. The normalized spacial score (nSPS) is 16.6. The van der Waals surface area contributed by atoms with Gasteiger partial charge in [0, 0.05) is 30.6 Å². The lowest BCUT2D eigenvalue weighted by Crippen LogP contribution is -2.34. The molecule has 0 radical (unpaired) electrons. The molecule has 1 fully saturated rings. The maximum atomic E-state index is 13.0. The van der Waals surface area contributed by atoms with E-state index >= 15 is 0 Å². The second-order valence-electron chi connectivity index (χ2n) is 9.43. The molecule has 0 bridgehead atoms. The van der Waals surface area contributed by atoms with E-state index in [0.717, 1.165) is 29.2 Å². The molecule has 1 aliphatic carbocycles. The number of aliphatic hydroxyl groups excluding tert-OH is 1. The van der Waals surface area contributed by atoms with Crippen molar-refractivity contribution in [2.24, 2.45) is 5.92 Å². The number of aromatic amines is 1. The Morgan fingerprint density at radius 2 is 1.86 bits per heavy atom. The van der Waals surface area contributed by atoms with Crippen molar-refractivity contribution in [1.82, 2.24) is 26.3 Å². The van der Waals surface area contributed by atoms with E-state index in [1.54, 1.807) is 0 Å². The highest BCUT2D eigenvalue weighted by Gasteiger charge is 2.20. The first-order valence-electron chi connectivity index (χ1n) is 12.5. The third-order valence-electron chi connectivity index (χ3n) is 6.94. The molecule has 1 amide bonds. The van der Waals surface area contributed by atoms with E-state index in [1.165, 1.54) is 31.4 Å². The lowest BCUT2D eigenvalue weighted by Gasteiger charge is -2.23. The van der Waals surface area contributed by atoms with E-state index < -0.39 is 6.23 Å². The molecule has 2 aromatic carbocycles. The summed E-state index contributed by atoms with van der Waals surface area (Å²) in [6, 6.07) is 14.6. The fourth-order valence-electron chi connectivity index (χ4n) is 5.04. The van der Waals surface area contributed by atoms with Crippen LogP contribution in [0.2, 0.25) is 0 Å². The van der Waals surface area contributed by atoms with Crippen LogP contribution in [0.25, 0.3) is 10.8 Å². The van der Waals surface area contributed by atoms with Gasteiger partial charge in [-0.1, -0.05) is 55.7 Å². The summed E-state index contributed by atoms with van der Waals surface area (Å²) in [5.74, 6) is 0.111. The van der Waals surface area contributed by atoms with Gasteiger partial charge in [-0.2, -0.15) is 0 Å². The van der Waals surface area contributed by atoms with Gasteiger partial charge in [0.25, 0.3) is 5.91 Å². The van der Waals surface area contributed by atoms with Crippen molar-refractivity contribution in [2.45, 2.75) is 44.9 Å². The van der Waals surface area contributed by atoms with E-state index in [2.05, 4.69) is 26.6 Å². The highest BCUT2D eigenvalue weighted by atomic mass is 16.3. The summed E-state index contributed by atoms with van der Waals surface area (Å²) >= 11 is 0. The van der Waals surface area contributed by atoms with Crippen molar-refractivity contribution >= 4 is 22.4 Å². The topological polar surface area (TPSA) is 122 Å². The Labute approximate surface area is 209 Å². The average Bonchev–Trinajstić information content (AvgIpc) is 3.42. The van der Waals surface area contributed by atoms with Crippen LogP contribution in [0.5, 0.6) is 0 Å². The number of hydrogen-bond donors (Lipinski definition) is 6. The Morgan fingerprint density at radius 3 is 2.64 bits per heavy atom. The maximum absolute atomic E-state index is 13.0. The van der Waals surface area contributed by atoms with Gasteiger partial charge in [0.2, 0.25) is 5.56 Å². The molecule has 1 atom stereocenters. The van der Waals surface area contributed by atoms with Crippen LogP contribution in [-0.2, 0) is 6.54 Å². The Bertz CT molecular complexity index is 1310. The standard InChI is InChI=1S/C27H32N6O3/c34-24-13-12-23(25(31-24)27(36)28-16-18-6-2-1-3-7-18)30-26(35)22-11-10-19(17-33-15-14-29-32-33)20-8-4-5-9-21(20)22/h4-5,8-15,18,26,29-30,32,35H,1-3,6-7,16-17H2,(H,28,36)(H,31,34). The number of H-pyrrole nitrogens is 1. The predicted octanol–water partition coefficient (Wildman–Crippen LogP) is 3.24. The zero-order valence-electron chi connectivity index (χ0n) is 20.1. The summed E-state index contributed by atoms with van der Waals surface area (Å²) in [6.07, 6.45) is 8.49. The van der Waals surface area contributed by atoms with E-state index in [1.807, 2.05) is 53.8 Å². The second kappa shape index (κ2) is 10.8. The minimum absolute atomic E-state index is 0.123. The zero-order chi connectivity index (χ0) is 24.9. The van der Waals surface area contributed by atoms with Gasteiger partial charge >= 0.3 is 0 Å². The van der Waals surface area contributed by atoms with Crippen LogP contribution in [-0.4, -0.2) is 27.6 Å². The number of aliphatic hydroxyl groups is 1. The fourth-order valence-corrected chi connectivity index (χ4v) is 5.04. The van der Waals surface area contributed by atoms with Crippen molar-refractivity contribution in [1.29, 1.82) is 0 Å². The monoisotopic (exact) mass is 488 g/mol. The summed E-state index contributed by atoms with van der Waals surface area (Å²) in [5, 5.41) is 21.0. The first-order chi connectivity index (χ1) is 17.6. The first kappa shape index (κ1) is 23.9. The number of carbonyl (C=O) groups is 1. The second-order valence-corrected chi connectivity index (χ2v) is 9.43. The Hall–Kier alpha value is -3.82. The van der Waals surface area contributed by atoms with Crippen LogP contribution in [0.15, 0.2) is 65.7 Å². The number of aromatic nitrogens is 1. The van der Waals surface area contributed by atoms with Crippen molar-refractivity contribution in [3.05, 3.63) is 88.1 Å². The minimum atomic E-state index is -1.09. The minimum Gasteiger partial charge on any atom is -0.369 e. The van der Waals surface area contributed by atoms with Gasteiger partial charge in [-0.3, -0.25) is 14.6 Å². The molecule has 5 rings (SSSR count). The quantitative estimate of drug-likeness (QED) is 0.269. The van der Waals surface area contributed by atoms with E-state index in [0.29, 0.717) is 30.3 Å². The SMILES string of the molecule is O=C(NCC1CCCCC1)c1[nH]c(=O)ccc1NC(O)c1ccc(CN2C=CNN2)c2ccccc12. The first-order valence-corrected chi connectivity index (χ1v) is 12.5. The van der Waals surface area contributed by atoms with Crippen LogP contribution in [0.3, 0.4) is 0 Å². The number of amides is 1. The van der Waals surface area contributed by atoms with Gasteiger partial charge < -0.3 is 26.1 Å². The number of carbonyl (C=O) groups excluding carboxylic acids is 1. The lowest BCUT2D eigenvalue weighted by molar-refractivity contribution is 0.0939. The molecule has 1 saturated carbocycles. The molecule has 2 heterocycles. The van der Waals surface area contributed by atoms with Crippen LogP contribution in [0, 0.1) is 5.92 Å². The number of hydrazine groups is 2. The molecule has 6 N–H and O–H groups in total. The highest BCUT2D eigenvalue weighted by molar-refractivity contribution is 5.97.